The Labute approximate surface area is 117 Å². The number of rotatable bonds is 5. The highest BCUT2D eigenvalue weighted by molar-refractivity contribution is 6.31. The van der Waals surface area contributed by atoms with Gasteiger partial charge in [0.05, 0.1) is 12.5 Å². The minimum atomic E-state index is -0.413. The molecule has 2 rings (SSSR count). The molecule has 0 aromatic heterocycles. The lowest BCUT2D eigenvalue weighted by molar-refractivity contribution is -0.133. The van der Waals surface area contributed by atoms with E-state index in [0.29, 0.717) is 17.1 Å². The summed E-state index contributed by atoms with van der Waals surface area (Å²) in [7, 11) is 0. The number of carbonyl (C=O) groups excluding carboxylic acids is 1. The predicted molar refractivity (Wildman–Crippen MR) is 73.8 cm³/mol. The minimum absolute atomic E-state index is 0.0298. The quantitative estimate of drug-likeness (QED) is 0.899. The maximum absolute atomic E-state index is 13.7. The van der Waals surface area contributed by atoms with E-state index in [1.54, 1.807) is 12.1 Å². The number of halogens is 2. The number of amides is 1. The van der Waals surface area contributed by atoms with Crippen LogP contribution in [0.3, 0.4) is 0 Å². The van der Waals surface area contributed by atoms with E-state index in [9.17, 15) is 9.18 Å². The molecular formula is C14H18ClFN2O. The van der Waals surface area contributed by atoms with E-state index in [1.165, 1.54) is 6.07 Å². The first kappa shape index (κ1) is 14.3. The van der Waals surface area contributed by atoms with Crippen molar-refractivity contribution in [1.82, 2.24) is 10.2 Å². The van der Waals surface area contributed by atoms with Crippen LogP contribution in [-0.4, -0.2) is 36.5 Å². The number of carbonyl (C=O) groups is 1. The predicted octanol–water partition coefficient (Wildman–Crippen LogP) is 2.23. The molecule has 1 aromatic rings. The Balaban J connectivity index is 2.09. The van der Waals surface area contributed by atoms with Crippen molar-refractivity contribution >= 4 is 17.5 Å². The van der Waals surface area contributed by atoms with Crippen molar-refractivity contribution in [1.29, 1.82) is 0 Å². The van der Waals surface area contributed by atoms with Gasteiger partial charge in [-0.15, -0.1) is 0 Å². The van der Waals surface area contributed by atoms with Gasteiger partial charge in [-0.2, -0.15) is 0 Å². The number of hydrogen-bond donors (Lipinski definition) is 1. The van der Waals surface area contributed by atoms with Crippen molar-refractivity contribution in [3.63, 3.8) is 0 Å². The summed E-state index contributed by atoms with van der Waals surface area (Å²) >= 11 is 5.96. The van der Waals surface area contributed by atoms with E-state index in [4.69, 9.17) is 11.6 Å². The van der Waals surface area contributed by atoms with Crippen LogP contribution >= 0.6 is 11.6 Å². The molecule has 0 unspecified atom stereocenters. The van der Waals surface area contributed by atoms with E-state index in [2.05, 4.69) is 5.32 Å². The molecular weight excluding hydrogens is 267 g/mol. The molecule has 3 nitrogen and oxygen atoms in total. The van der Waals surface area contributed by atoms with Crippen LogP contribution in [0, 0.1) is 5.82 Å². The molecule has 1 aromatic carbocycles. The molecule has 104 valence electrons. The largest absolute Gasteiger partial charge is 0.337 e. The Morgan fingerprint density at radius 2 is 2.26 bits per heavy atom. The summed E-state index contributed by atoms with van der Waals surface area (Å²) in [4.78, 5) is 14.1. The molecule has 0 spiro atoms. The molecule has 5 heteroatoms. The van der Waals surface area contributed by atoms with Crippen LogP contribution in [0.15, 0.2) is 18.2 Å². The van der Waals surface area contributed by atoms with Crippen molar-refractivity contribution < 1.29 is 9.18 Å². The lowest BCUT2D eigenvalue weighted by Crippen LogP contribution is -2.59. The number of hydrogen-bond acceptors (Lipinski definition) is 2. The molecule has 1 fully saturated rings. The van der Waals surface area contributed by atoms with Crippen molar-refractivity contribution in [2.75, 3.05) is 19.6 Å². The summed E-state index contributed by atoms with van der Waals surface area (Å²) in [5.41, 5.74) is 0.294. The van der Waals surface area contributed by atoms with Gasteiger partial charge < -0.3 is 10.2 Å². The number of benzene rings is 1. The third-order valence-electron chi connectivity index (χ3n) is 3.38. The zero-order chi connectivity index (χ0) is 13.8. The molecule has 1 amide bonds. The first-order chi connectivity index (χ1) is 9.13. The molecule has 0 atom stereocenters. The average Bonchev–Trinajstić information content (AvgIpc) is 2.31. The standard InChI is InChI=1S/C14H18ClFN2O/c1-2-6-18(10-8-17-9-10)14(19)7-11-12(15)4-3-5-13(11)16/h3-5,10,17H,2,6-9H2,1H3. The van der Waals surface area contributed by atoms with E-state index >= 15 is 0 Å². The lowest BCUT2D eigenvalue weighted by Gasteiger charge is -2.38. The third-order valence-corrected chi connectivity index (χ3v) is 3.73. The van der Waals surface area contributed by atoms with E-state index in [1.807, 2.05) is 11.8 Å². The molecule has 1 saturated heterocycles. The van der Waals surface area contributed by atoms with Crippen molar-refractivity contribution in [2.24, 2.45) is 0 Å². The van der Waals surface area contributed by atoms with Gasteiger partial charge in [0, 0.05) is 30.2 Å². The molecule has 0 aliphatic carbocycles. The minimum Gasteiger partial charge on any atom is -0.337 e. The highest BCUT2D eigenvalue weighted by atomic mass is 35.5. The highest BCUT2D eigenvalue weighted by Gasteiger charge is 2.28. The third kappa shape index (κ3) is 3.25. The fraction of sp³-hybridized carbons (Fsp3) is 0.500. The lowest BCUT2D eigenvalue weighted by atomic mass is 10.1. The normalized spacial score (nSPS) is 15.1. The first-order valence-corrected chi connectivity index (χ1v) is 6.94. The van der Waals surface area contributed by atoms with E-state index in [-0.39, 0.29) is 18.4 Å². The van der Waals surface area contributed by atoms with E-state index < -0.39 is 5.82 Å². The van der Waals surface area contributed by atoms with Crippen LogP contribution < -0.4 is 5.32 Å². The van der Waals surface area contributed by atoms with Crippen LogP contribution in [0.5, 0.6) is 0 Å². The average molecular weight is 285 g/mol. The van der Waals surface area contributed by atoms with Gasteiger partial charge in [-0.1, -0.05) is 24.6 Å². The molecule has 1 N–H and O–H groups in total. The summed E-state index contributed by atoms with van der Waals surface area (Å²) in [6.45, 7) is 4.37. The van der Waals surface area contributed by atoms with Crippen LogP contribution in [0.4, 0.5) is 4.39 Å². The Morgan fingerprint density at radius 3 is 2.79 bits per heavy atom. The van der Waals surface area contributed by atoms with E-state index in [0.717, 1.165) is 19.5 Å². The Hall–Kier alpha value is -1.13. The van der Waals surface area contributed by atoms with Crippen LogP contribution in [-0.2, 0) is 11.2 Å². The second kappa shape index (κ2) is 6.35. The fourth-order valence-electron chi connectivity index (χ4n) is 2.20. The van der Waals surface area contributed by atoms with Gasteiger partial charge in [-0.05, 0) is 18.6 Å². The summed E-state index contributed by atoms with van der Waals surface area (Å²) in [5.74, 6) is -0.468. The SMILES string of the molecule is CCCN(C(=O)Cc1c(F)cccc1Cl)C1CNC1. The molecule has 19 heavy (non-hydrogen) atoms. The van der Waals surface area contributed by atoms with Gasteiger partial charge >= 0.3 is 0 Å². The second-order valence-electron chi connectivity index (χ2n) is 4.78. The highest BCUT2D eigenvalue weighted by Crippen LogP contribution is 2.21. The number of nitrogens with one attached hydrogen (secondary N) is 1. The van der Waals surface area contributed by atoms with Crippen LogP contribution in [0.2, 0.25) is 5.02 Å². The summed E-state index contributed by atoms with van der Waals surface area (Å²) in [5, 5.41) is 3.46. The van der Waals surface area contributed by atoms with Crippen molar-refractivity contribution in [3.8, 4) is 0 Å². The Bertz CT molecular complexity index is 443. The maximum atomic E-state index is 13.7. The Kier molecular flexibility index (Phi) is 4.77. The van der Waals surface area contributed by atoms with Gasteiger partial charge in [0.2, 0.25) is 5.91 Å². The molecule has 1 heterocycles. The van der Waals surface area contributed by atoms with Crippen molar-refractivity contribution in [3.05, 3.63) is 34.6 Å². The second-order valence-corrected chi connectivity index (χ2v) is 5.18. The van der Waals surface area contributed by atoms with Gasteiger partial charge in [0.15, 0.2) is 0 Å². The van der Waals surface area contributed by atoms with Crippen molar-refractivity contribution in [2.45, 2.75) is 25.8 Å². The maximum Gasteiger partial charge on any atom is 0.227 e. The first-order valence-electron chi connectivity index (χ1n) is 6.56. The molecule has 0 radical (unpaired) electrons. The monoisotopic (exact) mass is 284 g/mol. The summed E-state index contributed by atoms with van der Waals surface area (Å²) < 4.78 is 13.7. The summed E-state index contributed by atoms with van der Waals surface area (Å²) in [6.07, 6.45) is 0.926. The van der Waals surface area contributed by atoms with Gasteiger partial charge in [-0.3, -0.25) is 4.79 Å². The zero-order valence-electron chi connectivity index (χ0n) is 11.0. The zero-order valence-corrected chi connectivity index (χ0v) is 11.7. The van der Waals surface area contributed by atoms with Crippen LogP contribution in [0.25, 0.3) is 0 Å². The molecule has 1 aliphatic heterocycles. The Morgan fingerprint density at radius 1 is 1.53 bits per heavy atom. The van der Waals surface area contributed by atoms with Crippen LogP contribution in [0.1, 0.15) is 18.9 Å². The van der Waals surface area contributed by atoms with Gasteiger partial charge in [-0.25, -0.2) is 4.39 Å². The topological polar surface area (TPSA) is 32.3 Å². The fourth-order valence-corrected chi connectivity index (χ4v) is 2.43. The smallest absolute Gasteiger partial charge is 0.227 e. The van der Waals surface area contributed by atoms with Gasteiger partial charge in [0.1, 0.15) is 5.82 Å². The van der Waals surface area contributed by atoms with Gasteiger partial charge in [0.25, 0.3) is 0 Å². The molecule has 0 bridgehead atoms. The molecule has 0 saturated carbocycles. The molecule has 1 aliphatic rings. The summed E-state index contributed by atoms with van der Waals surface area (Å²) in [6, 6.07) is 4.73. The number of nitrogens with zero attached hydrogens (tertiary/aromatic N) is 1.